The lowest BCUT2D eigenvalue weighted by molar-refractivity contribution is -0.152. The lowest BCUT2D eigenvalue weighted by Gasteiger charge is -2.45. The molecule has 7 nitrogen and oxygen atoms in total. The van der Waals surface area contributed by atoms with Crippen LogP contribution in [0.3, 0.4) is 0 Å². The predicted molar refractivity (Wildman–Crippen MR) is 111 cm³/mol. The van der Waals surface area contributed by atoms with Crippen LogP contribution >= 0.6 is 11.6 Å². The van der Waals surface area contributed by atoms with E-state index < -0.39 is 12.1 Å². The van der Waals surface area contributed by atoms with Crippen LogP contribution in [-0.4, -0.2) is 66.3 Å². The molecule has 30 heavy (non-hydrogen) atoms. The molecule has 4 rings (SSSR count). The number of rotatable bonds is 4. The summed E-state index contributed by atoms with van der Waals surface area (Å²) in [6.45, 7) is 0.817. The number of piperazine rings is 2. The van der Waals surface area contributed by atoms with E-state index in [1.165, 1.54) is 0 Å². The van der Waals surface area contributed by atoms with Crippen LogP contribution in [-0.2, 0) is 16.0 Å². The van der Waals surface area contributed by atoms with Crippen LogP contribution in [0.2, 0.25) is 5.02 Å². The summed E-state index contributed by atoms with van der Waals surface area (Å²) in [6.07, 6.45) is 0.403. The summed E-state index contributed by atoms with van der Waals surface area (Å²) in [6, 6.07) is 12.9. The highest BCUT2D eigenvalue weighted by atomic mass is 35.5. The van der Waals surface area contributed by atoms with Crippen LogP contribution in [0, 0.1) is 0 Å². The summed E-state index contributed by atoms with van der Waals surface area (Å²) in [7, 11) is 1.59. The largest absolute Gasteiger partial charge is 0.497 e. The average molecular weight is 428 g/mol. The number of methoxy groups -OCH3 is 1. The molecule has 0 radical (unpaired) electrons. The molecule has 2 aliphatic rings. The number of nitrogens with one attached hydrogen (secondary N) is 1. The Labute approximate surface area is 179 Å². The van der Waals surface area contributed by atoms with E-state index >= 15 is 0 Å². The molecule has 8 heteroatoms. The van der Waals surface area contributed by atoms with Gasteiger partial charge in [-0.05, 0) is 29.8 Å². The van der Waals surface area contributed by atoms with Crippen molar-refractivity contribution in [2.24, 2.45) is 0 Å². The molecule has 2 aliphatic heterocycles. The number of hydrogen-bond acceptors (Lipinski definition) is 4. The Morgan fingerprint density at radius 3 is 2.57 bits per heavy atom. The molecule has 0 bridgehead atoms. The van der Waals surface area contributed by atoms with Gasteiger partial charge < -0.3 is 19.9 Å². The third-order valence-corrected chi connectivity index (χ3v) is 5.90. The Kier molecular flexibility index (Phi) is 5.63. The van der Waals surface area contributed by atoms with Crippen LogP contribution in [0.5, 0.6) is 5.75 Å². The molecule has 3 amide bonds. The Balaban J connectivity index is 1.45. The maximum Gasteiger partial charge on any atom is 0.255 e. The molecular formula is C22H22ClN3O4. The quantitative estimate of drug-likeness (QED) is 0.806. The fourth-order valence-electron chi connectivity index (χ4n) is 3.93. The molecule has 2 aromatic rings. The van der Waals surface area contributed by atoms with Crippen molar-refractivity contribution in [1.29, 1.82) is 0 Å². The third kappa shape index (κ3) is 3.85. The van der Waals surface area contributed by atoms with Crippen molar-refractivity contribution >= 4 is 29.3 Å². The summed E-state index contributed by atoms with van der Waals surface area (Å²) in [5.74, 6) is 0.128. The number of ether oxygens (including phenoxy) is 1. The van der Waals surface area contributed by atoms with Gasteiger partial charge in [-0.15, -0.1) is 0 Å². The van der Waals surface area contributed by atoms with Crippen LogP contribution in [0.4, 0.5) is 0 Å². The second kappa shape index (κ2) is 8.36. The lowest BCUT2D eigenvalue weighted by Crippen LogP contribution is -2.70. The number of halogens is 1. The second-order valence-electron chi connectivity index (χ2n) is 7.39. The SMILES string of the molecule is COc1ccc(C[C@@H]2NC(=O)[C@H]3CN(C(=O)c4ccccc4Cl)CCN3C2=O)cc1. The van der Waals surface area contributed by atoms with E-state index in [4.69, 9.17) is 16.3 Å². The maximum absolute atomic E-state index is 13.0. The van der Waals surface area contributed by atoms with Crippen molar-refractivity contribution < 1.29 is 19.1 Å². The van der Waals surface area contributed by atoms with Gasteiger partial charge in [-0.25, -0.2) is 0 Å². The van der Waals surface area contributed by atoms with Crippen molar-refractivity contribution in [2.45, 2.75) is 18.5 Å². The minimum Gasteiger partial charge on any atom is -0.497 e. The van der Waals surface area contributed by atoms with Crippen molar-refractivity contribution in [3.05, 3.63) is 64.7 Å². The van der Waals surface area contributed by atoms with Gasteiger partial charge in [0.1, 0.15) is 17.8 Å². The summed E-state index contributed by atoms with van der Waals surface area (Å²) in [5, 5.41) is 3.20. The molecule has 1 N–H and O–H groups in total. The molecule has 0 spiro atoms. The summed E-state index contributed by atoms with van der Waals surface area (Å²) < 4.78 is 5.15. The minimum atomic E-state index is -0.690. The smallest absolute Gasteiger partial charge is 0.255 e. The number of hydrogen-bond donors (Lipinski definition) is 1. The molecule has 2 saturated heterocycles. The van der Waals surface area contributed by atoms with E-state index in [1.54, 1.807) is 41.2 Å². The fourth-order valence-corrected chi connectivity index (χ4v) is 4.14. The summed E-state index contributed by atoms with van der Waals surface area (Å²) in [4.78, 5) is 41.8. The van der Waals surface area contributed by atoms with E-state index in [2.05, 4.69) is 5.32 Å². The van der Waals surface area contributed by atoms with Gasteiger partial charge in [0, 0.05) is 19.5 Å². The summed E-state index contributed by atoms with van der Waals surface area (Å²) >= 11 is 6.14. The van der Waals surface area contributed by atoms with Crippen molar-refractivity contribution in [2.75, 3.05) is 26.7 Å². The number of carbonyl (C=O) groups is 3. The van der Waals surface area contributed by atoms with Crippen molar-refractivity contribution in [3.8, 4) is 5.75 Å². The Bertz CT molecular complexity index is 979. The number of amides is 3. The predicted octanol–water partition coefficient (Wildman–Crippen LogP) is 1.74. The third-order valence-electron chi connectivity index (χ3n) is 5.57. The fraction of sp³-hybridized carbons (Fsp3) is 0.318. The first-order valence-corrected chi connectivity index (χ1v) is 10.1. The highest BCUT2D eigenvalue weighted by Crippen LogP contribution is 2.23. The first kappa shape index (κ1) is 20.2. The number of fused-ring (bicyclic) bond motifs is 1. The molecule has 0 saturated carbocycles. The van der Waals surface area contributed by atoms with E-state index in [0.717, 1.165) is 11.3 Å². The van der Waals surface area contributed by atoms with E-state index in [9.17, 15) is 14.4 Å². The van der Waals surface area contributed by atoms with Gasteiger partial charge in [-0.3, -0.25) is 14.4 Å². The molecule has 0 unspecified atom stereocenters. The van der Waals surface area contributed by atoms with Crippen LogP contribution in [0.1, 0.15) is 15.9 Å². The van der Waals surface area contributed by atoms with Gasteiger partial charge in [-0.1, -0.05) is 35.9 Å². The van der Waals surface area contributed by atoms with Gasteiger partial charge >= 0.3 is 0 Å². The van der Waals surface area contributed by atoms with E-state index in [1.807, 2.05) is 24.3 Å². The number of benzene rings is 2. The Hall–Kier alpha value is -3.06. The zero-order chi connectivity index (χ0) is 21.3. The minimum absolute atomic E-state index is 0.125. The van der Waals surface area contributed by atoms with Crippen LogP contribution in [0.15, 0.2) is 48.5 Å². The topological polar surface area (TPSA) is 79.0 Å². The number of carbonyl (C=O) groups excluding carboxylic acids is 3. The van der Waals surface area contributed by atoms with Gasteiger partial charge in [-0.2, -0.15) is 0 Å². The molecule has 2 aromatic carbocycles. The molecular weight excluding hydrogens is 406 g/mol. The first-order chi connectivity index (χ1) is 14.5. The normalized spacial score (nSPS) is 21.1. The number of nitrogens with zero attached hydrogens (tertiary/aromatic N) is 2. The molecule has 156 valence electrons. The zero-order valence-electron chi connectivity index (χ0n) is 16.5. The standard InChI is InChI=1S/C22H22ClN3O4/c1-30-15-8-6-14(7-9-15)12-18-22(29)26-11-10-25(13-19(26)20(27)24-18)21(28)16-4-2-3-5-17(16)23/h2-9,18-19H,10-13H2,1H3,(H,24,27)/t18-,19+/m0/s1. The second-order valence-corrected chi connectivity index (χ2v) is 7.80. The molecule has 0 aliphatic carbocycles. The molecule has 2 heterocycles. The summed E-state index contributed by atoms with van der Waals surface area (Å²) in [5.41, 5.74) is 1.33. The van der Waals surface area contributed by atoms with Gasteiger partial charge in [0.05, 0.1) is 24.2 Å². The average Bonchev–Trinajstić information content (AvgIpc) is 2.77. The van der Waals surface area contributed by atoms with Gasteiger partial charge in [0.15, 0.2) is 0 Å². The zero-order valence-corrected chi connectivity index (χ0v) is 17.3. The molecule has 2 atom stereocenters. The Morgan fingerprint density at radius 1 is 1.13 bits per heavy atom. The van der Waals surface area contributed by atoms with Gasteiger partial charge in [0.25, 0.3) is 5.91 Å². The van der Waals surface area contributed by atoms with Crippen molar-refractivity contribution in [3.63, 3.8) is 0 Å². The van der Waals surface area contributed by atoms with E-state index in [-0.39, 0.29) is 24.3 Å². The highest BCUT2D eigenvalue weighted by Gasteiger charge is 2.44. The highest BCUT2D eigenvalue weighted by molar-refractivity contribution is 6.33. The van der Waals surface area contributed by atoms with Crippen LogP contribution < -0.4 is 10.1 Å². The molecule has 2 fully saturated rings. The molecule has 0 aromatic heterocycles. The lowest BCUT2D eigenvalue weighted by atomic mass is 9.98. The van der Waals surface area contributed by atoms with E-state index in [0.29, 0.717) is 30.1 Å². The van der Waals surface area contributed by atoms with Crippen molar-refractivity contribution in [1.82, 2.24) is 15.1 Å². The maximum atomic E-state index is 13.0. The Morgan fingerprint density at radius 2 is 1.87 bits per heavy atom. The van der Waals surface area contributed by atoms with Crippen LogP contribution in [0.25, 0.3) is 0 Å². The first-order valence-electron chi connectivity index (χ1n) is 9.75. The van der Waals surface area contributed by atoms with Gasteiger partial charge in [0.2, 0.25) is 11.8 Å². The monoisotopic (exact) mass is 427 g/mol.